The third kappa shape index (κ3) is 5.85. The van der Waals surface area contributed by atoms with Gasteiger partial charge in [0.05, 0.1) is 13.7 Å². The van der Waals surface area contributed by atoms with Crippen LogP contribution >= 0.6 is 24.0 Å². The third-order valence-electron chi connectivity index (χ3n) is 4.34. The van der Waals surface area contributed by atoms with Crippen molar-refractivity contribution in [3.05, 3.63) is 65.6 Å². The van der Waals surface area contributed by atoms with Crippen LogP contribution in [0.4, 0.5) is 4.39 Å². The smallest absolute Gasteiger partial charge is 0.191 e. The molecule has 0 saturated heterocycles. The van der Waals surface area contributed by atoms with Crippen molar-refractivity contribution in [2.45, 2.75) is 19.9 Å². The van der Waals surface area contributed by atoms with Crippen LogP contribution in [0, 0.1) is 5.82 Å². The van der Waals surface area contributed by atoms with E-state index in [2.05, 4.69) is 20.6 Å². The van der Waals surface area contributed by atoms with Crippen LogP contribution in [-0.4, -0.2) is 31.1 Å². The number of hydrogen-bond acceptors (Lipinski definition) is 2. The van der Waals surface area contributed by atoms with Crippen LogP contribution in [0.1, 0.15) is 18.1 Å². The standard InChI is InChI=1S/C21H25FN4O.HI/c1-3-23-21(26-13-15-4-7-18(27-2)8-5-15)24-11-10-16-14-25-20-9-6-17(22)12-19(16)20;/h4-9,12,14,25H,3,10-11,13H2,1-2H3,(H2,23,24,26);1H. The topological polar surface area (TPSA) is 61.4 Å². The minimum absolute atomic E-state index is 0. The normalized spacial score (nSPS) is 11.2. The van der Waals surface area contributed by atoms with Crippen molar-refractivity contribution >= 4 is 40.8 Å². The highest BCUT2D eigenvalue weighted by Crippen LogP contribution is 2.19. The van der Waals surface area contributed by atoms with E-state index in [1.54, 1.807) is 19.2 Å². The minimum atomic E-state index is -0.217. The molecule has 3 rings (SSSR count). The number of benzene rings is 2. The second-order valence-corrected chi connectivity index (χ2v) is 6.22. The lowest BCUT2D eigenvalue weighted by Gasteiger charge is -2.11. The Morgan fingerprint density at radius 3 is 2.64 bits per heavy atom. The largest absolute Gasteiger partial charge is 0.497 e. The first kappa shape index (κ1) is 22.0. The lowest BCUT2D eigenvalue weighted by Crippen LogP contribution is -2.38. The van der Waals surface area contributed by atoms with E-state index < -0.39 is 0 Å². The fourth-order valence-electron chi connectivity index (χ4n) is 2.92. The average Bonchev–Trinajstić information content (AvgIpc) is 3.08. The van der Waals surface area contributed by atoms with Crippen LogP contribution in [0.3, 0.4) is 0 Å². The molecule has 7 heteroatoms. The number of nitrogens with one attached hydrogen (secondary N) is 3. The fraction of sp³-hybridized carbons (Fsp3) is 0.286. The summed E-state index contributed by atoms with van der Waals surface area (Å²) < 4.78 is 18.7. The van der Waals surface area contributed by atoms with E-state index in [9.17, 15) is 4.39 Å². The van der Waals surface area contributed by atoms with Gasteiger partial charge < -0.3 is 20.4 Å². The predicted octanol–water partition coefficient (Wildman–Crippen LogP) is 4.23. The monoisotopic (exact) mass is 496 g/mol. The molecule has 2 aromatic carbocycles. The van der Waals surface area contributed by atoms with E-state index in [1.807, 2.05) is 37.4 Å². The molecule has 1 aromatic heterocycles. The van der Waals surface area contributed by atoms with Gasteiger partial charge in [0.15, 0.2) is 5.96 Å². The molecule has 3 N–H and O–H groups in total. The van der Waals surface area contributed by atoms with Crippen molar-refractivity contribution in [3.63, 3.8) is 0 Å². The number of ether oxygens (including phenoxy) is 1. The van der Waals surface area contributed by atoms with Crippen molar-refractivity contribution in [3.8, 4) is 5.75 Å². The minimum Gasteiger partial charge on any atom is -0.497 e. The van der Waals surface area contributed by atoms with E-state index in [0.29, 0.717) is 13.1 Å². The van der Waals surface area contributed by atoms with Gasteiger partial charge in [0.25, 0.3) is 0 Å². The SMILES string of the molecule is CCNC(=NCc1ccc(OC)cc1)NCCc1c[nH]c2ccc(F)cc12.I. The molecule has 0 bridgehead atoms. The summed E-state index contributed by atoms with van der Waals surface area (Å²) >= 11 is 0. The second-order valence-electron chi connectivity index (χ2n) is 6.22. The summed E-state index contributed by atoms with van der Waals surface area (Å²) in [7, 11) is 1.66. The van der Waals surface area contributed by atoms with Gasteiger partial charge in [0, 0.05) is 30.2 Å². The highest BCUT2D eigenvalue weighted by molar-refractivity contribution is 14.0. The molecule has 28 heavy (non-hydrogen) atoms. The zero-order valence-electron chi connectivity index (χ0n) is 16.1. The first-order chi connectivity index (χ1) is 13.2. The predicted molar refractivity (Wildman–Crippen MR) is 123 cm³/mol. The van der Waals surface area contributed by atoms with Crippen LogP contribution in [0.15, 0.2) is 53.7 Å². The molecule has 0 radical (unpaired) electrons. The summed E-state index contributed by atoms with van der Waals surface area (Å²) in [5.74, 6) is 1.38. The molecular formula is C21H26FIN4O. The molecule has 0 atom stereocenters. The Morgan fingerprint density at radius 1 is 1.14 bits per heavy atom. The molecule has 0 aliphatic heterocycles. The highest BCUT2D eigenvalue weighted by atomic mass is 127. The third-order valence-corrected chi connectivity index (χ3v) is 4.34. The molecule has 0 aliphatic rings. The average molecular weight is 496 g/mol. The van der Waals surface area contributed by atoms with Crippen LogP contribution in [0.25, 0.3) is 10.9 Å². The van der Waals surface area contributed by atoms with E-state index >= 15 is 0 Å². The second kappa shape index (κ2) is 10.9. The van der Waals surface area contributed by atoms with Crippen LogP contribution in [0.2, 0.25) is 0 Å². The molecule has 150 valence electrons. The van der Waals surface area contributed by atoms with Crippen molar-refractivity contribution in [1.82, 2.24) is 15.6 Å². The van der Waals surface area contributed by atoms with Gasteiger partial charge in [-0.25, -0.2) is 9.38 Å². The zero-order valence-corrected chi connectivity index (χ0v) is 18.4. The highest BCUT2D eigenvalue weighted by Gasteiger charge is 2.05. The van der Waals surface area contributed by atoms with E-state index in [0.717, 1.165) is 46.7 Å². The molecule has 0 fully saturated rings. The van der Waals surface area contributed by atoms with Gasteiger partial charge in [-0.1, -0.05) is 12.1 Å². The lowest BCUT2D eigenvalue weighted by atomic mass is 10.1. The van der Waals surface area contributed by atoms with Gasteiger partial charge >= 0.3 is 0 Å². The summed E-state index contributed by atoms with van der Waals surface area (Å²) in [6, 6.07) is 12.7. The molecule has 0 unspecified atom stereocenters. The number of halogens is 2. The van der Waals surface area contributed by atoms with E-state index in [4.69, 9.17) is 4.74 Å². The quantitative estimate of drug-likeness (QED) is 0.261. The number of H-pyrrole nitrogens is 1. The molecule has 0 amide bonds. The van der Waals surface area contributed by atoms with Crippen molar-refractivity contribution in [1.29, 1.82) is 0 Å². The van der Waals surface area contributed by atoms with Crippen LogP contribution < -0.4 is 15.4 Å². The molecule has 0 spiro atoms. The number of guanidine groups is 1. The molecule has 5 nitrogen and oxygen atoms in total. The lowest BCUT2D eigenvalue weighted by molar-refractivity contribution is 0.414. The van der Waals surface area contributed by atoms with Gasteiger partial charge in [0.2, 0.25) is 0 Å². The maximum absolute atomic E-state index is 13.5. The summed E-state index contributed by atoms with van der Waals surface area (Å²) in [6.45, 7) is 4.11. The number of aromatic amines is 1. The molecule has 0 aliphatic carbocycles. The fourth-order valence-corrected chi connectivity index (χ4v) is 2.92. The number of nitrogens with zero attached hydrogens (tertiary/aromatic N) is 1. The number of hydrogen-bond donors (Lipinski definition) is 3. The Balaban J connectivity index is 0.00000280. The zero-order chi connectivity index (χ0) is 19.1. The Labute approximate surface area is 181 Å². The first-order valence-electron chi connectivity index (χ1n) is 9.10. The Bertz CT molecular complexity index is 908. The first-order valence-corrected chi connectivity index (χ1v) is 9.10. The molecular weight excluding hydrogens is 470 g/mol. The summed E-state index contributed by atoms with van der Waals surface area (Å²) in [4.78, 5) is 7.80. The van der Waals surface area contributed by atoms with Gasteiger partial charge in [-0.05, 0) is 54.8 Å². The molecule has 0 saturated carbocycles. The Morgan fingerprint density at radius 2 is 1.93 bits per heavy atom. The molecule has 3 aromatic rings. The van der Waals surface area contributed by atoms with Gasteiger partial charge in [0.1, 0.15) is 11.6 Å². The van der Waals surface area contributed by atoms with Gasteiger partial charge in [-0.3, -0.25) is 0 Å². The summed E-state index contributed by atoms with van der Waals surface area (Å²) in [6.07, 6.45) is 2.71. The number of rotatable bonds is 7. The number of methoxy groups -OCH3 is 1. The molecule has 1 heterocycles. The van der Waals surface area contributed by atoms with Crippen molar-refractivity contribution < 1.29 is 9.13 Å². The number of aliphatic imine (C=N–C) groups is 1. The Kier molecular flexibility index (Phi) is 8.56. The van der Waals surface area contributed by atoms with Crippen molar-refractivity contribution in [2.75, 3.05) is 20.2 Å². The maximum Gasteiger partial charge on any atom is 0.191 e. The Hall–Kier alpha value is -2.29. The number of fused-ring (bicyclic) bond motifs is 1. The van der Waals surface area contributed by atoms with Gasteiger partial charge in [-0.15, -0.1) is 24.0 Å². The van der Waals surface area contributed by atoms with Crippen LogP contribution in [0.5, 0.6) is 5.75 Å². The summed E-state index contributed by atoms with van der Waals surface area (Å²) in [5.41, 5.74) is 3.15. The van der Waals surface area contributed by atoms with E-state index in [-0.39, 0.29) is 29.8 Å². The number of aromatic nitrogens is 1. The van der Waals surface area contributed by atoms with Crippen LogP contribution in [-0.2, 0) is 13.0 Å². The maximum atomic E-state index is 13.5. The van der Waals surface area contributed by atoms with Crippen molar-refractivity contribution in [2.24, 2.45) is 4.99 Å². The van der Waals surface area contributed by atoms with E-state index in [1.165, 1.54) is 6.07 Å². The van der Waals surface area contributed by atoms with Gasteiger partial charge in [-0.2, -0.15) is 0 Å². The summed E-state index contributed by atoms with van der Waals surface area (Å²) in [5, 5.41) is 7.51.